The maximum Gasteiger partial charge on any atom is 0.165 e. The SMILES string of the molecule is COc1ccc(-c2c(C)nn3c(Cl)cc(C)nc23)cc1OC. The van der Waals surface area contributed by atoms with Crippen molar-refractivity contribution in [3.8, 4) is 22.6 Å². The highest BCUT2D eigenvalue weighted by Crippen LogP contribution is 2.35. The highest BCUT2D eigenvalue weighted by atomic mass is 35.5. The highest BCUT2D eigenvalue weighted by molar-refractivity contribution is 6.29. The lowest BCUT2D eigenvalue weighted by Gasteiger charge is -2.09. The first-order valence-electron chi connectivity index (χ1n) is 6.80. The van der Waals surface area contributed by atoms with Crippen molar-refractivity contribution in [2.45, 2.75) is 13.8 Å². The first-order valence-corrected chi connectivity index (χ1v) is 7.18. The van der Waals surface area contributed by atoms with Gasteiger partial charge in [0.1, 0.15) is 5.15 Å². The zero-order chi connectivity index (χ0) is 15.9. The molecular formula is C16H16ClN3O2. The fourth-order valence-electron chi connectivity index (χ4n) is 2.53. The molecule has 0 saturated carbocycles. The first-order chi connectivity index (χ1) is 10.5. The summed E-state index contributed by atoms with van der Waals surface area (Å²) >= 11 is 6.26. The summed E-state index contributed by atoms with van der Waals surface area (Å²) in [6.07, 6.45) is 0. The van der Waals surface area contributed by atoms with Gasteiger partial charge in [0.25, 0.3) is 0 Å². The topological polar surface area (TPSA) is 48.7 Å². The van der Waals surface area contributed by atoms with E-state index in [-0.39, 0.29) is 0 Å². The molecule has 0 N–H and O–H groups in total. The van der Waals surface area contributed by atoms with Crippen LogP contribution in [0, 0.1) is 13.8 Å². The third-order valence-corrected chi connectivity index (χ3v) is 3.79. The van der Waals surface area contributed by atoms with Crippen LogP contribution in [0.3, 0.4) is 0 Å². The Labute approximate surface area is 133 Å². The Bertz CT molecular complexity index is 858. The van der Waals surface area contributed by atoms with E-state index in [1.54, 1.807) is 24.8 Å². The van der Waals surface area contributed by atoms with E-state index in [0.717, 1.165) is 28.2 Å². The molecule has 0 atom stereocenters. The van der Waals surface area contributed by atoms with Crippen molar-refractivity contribution < 1.29 is 9.47 Å². The number of hydrogen-bond donors (Lipinski definition) is 0. The van der Waals surface area contributed by atoms with Crippen molar-refractivity contribution in [1.29, 1.82) is 0 Å². The van der Waals surface area contributed by atoms with Gasteiger partial charge < -0.3 is 9.47 Å². The van der Waals surface area contributed by atoms with Gasteiger partial charge in [0.05, 0.1) is 19.9 Å². The molecule has 22 heavy (non-hydrogen) atoms. The van der Waals surface area contributed by atoms with Crippen LogP contribution >= 0.6 is 11.6 Å². The van der Waals surface area contributed by atoms with Crippen molar-refractivity contribution in [2.75, 3.05) is 14.2 Å². The van der Waals surface area contributed by atoms with Gasteiger partial charge in [-0.05, 0) is 37.6 Å². The molecule has 5 nitrogen and oxygen atoms in total. The molecule has 0 aliphatic carbocycles. The van der Waals surface area contributed by atoms with Crippen LogP contribution < -0.4 is 9.47 Å². The van der Waals surface area contributed by atoms with Crippen molar-refractivity contribution in [1.82, 2.24) is 14.6 Å². The lowest BCUT2D eigenvalue weighted by Crippen LogP contribution is -1.95. The summed E-state index contributed by atoms with van der Waals surface area (Å²) in [6, 6.07) is 7.54. The lowest BCUT2D eigenvalue weighted by molar-refractivity contribution is 0.355. The molecule has 0 bridgehead atoms. The number of benzene rings is 1. The van der Waals surface area contributed by atoms with Crippen molar-refractivity contribution in [3.05, 3.63) is 40.8 Å². The Morgan fingerprint density at radius 1 is 1.05 bits per heavy atom. The number of fused-ring (bicyclic) bond motifs is 1. The van der Waals surface area contributed by atoms with Crippen LogP contribution in [-0.2, 0) is 0 Å². The first kappa shape index (κ1) is 14.7. The molecule has 0 fully saturated rings. The average molecular weight is 318 g/mol. The quantitative estimate of drug-likeness (QED) is 0.691. The summed E-state index contributed by atoms with van der Waals surface area (Å²) < 4.78 is 12.3. The van der Waals surface area contributed by atoms with Gasteiger partial charge in [0.2, 0.25) is 0 Å². The highest BCUT2D eigenvalue weighted by Gasteiger charge is 2.17. The van der Waals surface area contributed by atoms with Crippen LogP contribution in [0.2, 0.25) is 5.15 Å². The fourth-order valence-corrected chi connectivity index (χ4v) is 2.81. The van der Waals surface area contributed by atoms with E-state index in [4.69, 9.17) is 21.1 Å². The molecule has 6 heteroatoms. The fraction of sp³-hybridized carbons (Fsp3) is 0.250. The molecule has 2 aromatic heterocycles. The number of nitrogens with zero attached hydrogens (tertiary/aromatic N) is 3. The average Bonchev–Trinajstić information content (AvgIpc) is 2.83. The predicted octanol–water partition coefficient (Wildman–Crippen LogP) is 3.68. The molecule has 0 saturated heterocycles. The second-order valence-electron chi connectivity index (χ2n) is 4.99. The maximum atomic E-state index is 6.26. The van der Waals surface area contributed by atoms with E-state index < -0.39 is 0 Å². The van der Waals surface area contributed by atoms with Crippen LogP contribution in [0.5, 0.6) is 11.5 Å². The number of aromatic nitrogens is 3. The van der Waals surface area contributed by atoms with Gasteiger partial charge in [-0.2, -0.15) is 5.10 Å². The number of halogens is 1. The molecule has 1 aromatic carbocycles. The summed E-state index contributed by atoms with van der Waals surface area (Å²) in [5.74, 6) is 1.35. The second-order valence-corrected chi connectivity index (χ2v) is 5.37. The molecule has 3 rings (SSSR count). The van der Waals surface area contributed by atoms with Gasteiger partial charge in [0.15, 0.2) is 17.1 Å². The molecule has 0 radical (unpaired) electrons. The van der Waals surface area contributed by atoms with Crippen molar-refractivity contribution in [2.24, 2.45) is 0 Å². The van der Waals surface area contributed by atoms with Crippen LogP contribution in [-0.4, -0.2) is 28.8 Å². The number of rotatable bonds is 3. The van der Waals surface area contributed by atoms with Crippen LogP contribution in [0.4, 0.5) is 0 Å². The standard InChI is InChI=1S/C16H16ClN3O2/c1-9-7-14(17)20-16(18-9)15(10(2)19-20)11-5-6-12(21-3)13(8-11)22-4/h5-8H,1-4H3. The maximum absolute atomic E-state index is 6.26. The van der Waals surface area contributed by atoms with Crippen molar-refractivity contribution >= 4 is 17.2 Å². The lowest BCUT2D eigenvalue weighted by atomic mass is 10.1. The molecule has 0 spiro atoms. The number of methoxy groups -OCH3 is 2. The minimum atomic E-state index is 0.539. The Kier molecular flexibility index (Phi) is 3.66. The Morgan fingerprint density at radius 2 is 1.77 bits per heavy atom. The van der Waals surface area contributed by atoms with E-state index >= 15 is 0 Å². The van der Waals surface area contributed by atoms with E-state index in [9.17, 15) is 0 Å². The number of aryl methyl sites for hydroxylation is 2. The normalized spacial score (nSPS) is 11.0. The van der Waals surface area contributed by atoms with Gasteiger partial charge in [-0.1, -0.05) is 17.7 Å². The minimum Gasteiger partial charge on any atom is -0.493 e. The van der Waals surface area contributed by atoms with Gasteiger partial charge in [-0.3, -0.25) is 0 Å². The van der Waals surface area contributed by atoms with E-state index in [1.807, 2.05) is 32.0 Å². The van der Waals surface area contributed by atoms with E-state index in [2.05, 4.69) is 10.1 Å². The summed E-state index contributed by atoms with van der Waals surface area (Å²) in [4.78, 5) is 4.58. The van der Waals surface area contributed by atoms with Crippen LogP contribution in [0.1, 0.15) is 11.4 Å². The van der Waals surface area contributed by atoms with E-state index in [0.29, 0.717) is 16.7 Å². The molecule has 114 valence electrons. The summed E-state index contributed by atoms with van der Waals surface area (Å²) in [7, 11) is 3.23. The number of ether oxygens (including phenoxy) is 2. The van der Waals surface area contributed by atoms with Crippen LogP contribution in [0.25, 0.3) is 16.8 Å². The Balaban J connectivity index is 2.28. The Hall–Kier alpha value is -2.27. The largest absolute Gasteiger partial charge is 0.493 e. The van der Waals surface area contributed by atoms with Gasteiger partial charge in [0, 0.05) is 11.3 Å². The molecule has 0 amide bonds. The monoisotopic (exact) mass is 317 g/mol. The van der Waals surface area contributed by atoms with Gasteiger partial charge >= 0.3 is 0 Å². The van der Waals surface area contributed by atoms with Crippen LogP contribution in [0.15, 0.2) is 24.3 Å². The van der Waals surface area contributed by atoms with E-state index in [1.165, 1.54) is 0 Å². The molecular weight excluding hydrogens is 302 g/mol. The zero-order valence-electron chi connectivity index (χ0n) is 12.8. The molecule has 2 heterocycles. The molecule has 0 aliphatic heterocycles. The number of hydrogen-bond acceptors (Lipinski definition) is 4. The smallest absolute Gasteiger partial charge is 0.165 e. The third kappa shape index (κ3) is 2.27. The third-order valence-electron chi connectivity index (χ3n) is 3.52. The summed E-state index contributed by atoms with van der Waals surface area (Å²) in [5, 5.41) is 5.02. The predicted molar refractivity (Wildman–Crippen MR) is 86.0 cm³/mol. The summed E-state index contributed by atoms with van der Waals surface area (Å²) in [5.41, 5.74) is 4.33. The second kappa shape index (κ2) is 5.50. The Morgan fingerprint density at radius 3 is 2.45 bits per heavy atom. The molecule has 0 aliphatic rings. The molecule has 0 unspecified atom stereocenters. The molecule has 3 aromatic rings. The van der Waals surface area contributed by atoms with Crippen molar-refractivity contribution in [3.63, 3.8) is 0 Å². The van der Waals surface area contributed by atoms with Gasteiger partial charge in [-0.25, -0.2) is 9.50 Å². The summed E-state index contributed by atoms with van der Waals surface area (Å²) in [6.45, 7) is 3.85. The van der Waals surface area contributed by atoms with Gasteiger partial charge in [-0.15, -0.1) is 0 Å². The minimum absolute atomic E-state index is 0.539. The zero-order valence-corrected chi connectivity index (χ0v) is 13.6.